The number of hydrogen-bond acceptors (Lipinski definition) is 3. The second-order valence-electron chi connectivity index (χ2n) is 8.33. The molecule has 0 bridgehead atoms. The number of urea groups is 1. The lowest BCUT2D eigenvalue weighted by Gasteiger charge is -2.26. The highest BCUT2D eigenvalue weighted by Gasteiger charge is 2.28. The SMILES string of the molecule is CCC(CCC(F)(F)F)NC(=O)N(CC)Cc1ccc(OC)c(-c2cc(C)c3nccn3c2)c1. The molecule has 1 aromatic carbocycles. The molecule has 0 aliphatic rings. The number of methoxy groups -OCH3 is 1. The Morgan fingerprint density at radius 1 is 1.26 bits per heavy atom. The molecule has 1 atom stereocenters. The number of nitrogens with one attached hydrogen (secondary N) is 1. The van der Waals surface area contributed by atoms with Gasteiger partial charge in [-0.05, 0) is 56.0 Å². The number of pyridine rings is 1. The van der Waals surface area contributed by atoms with E-state index in [1.165, 1.54) is 0 Å². The Kier molecular flexibility index (Phi) is 8.06. The normalized spacial score (nSPS) is 12.6. The molecular weight excluding hydrogens is 445 g/mol. The molecule has 0 aliphatic carbocycles. The molecule has 3 rings (SSSR count). The Morgan fingerprint density at radius 2 is 2.03 bits per heavy atom. The number of amides is 2. The molecule has 184 valence electrons. The van der Waals surface area contributed by atoms with Crippen molar-refractivity contribution in [2.75, 3.05) is 13.7 Å². The lowest BCUT2D eigenvalue weighted by atomic mass is 10.0. The first-order valence-corrected chi connectivity index (χ1v) is 11.4. The Hall–Kier alpha value is -3.23. The van der Waals surface area contributed by atoms with Crippen LogP contribution in [0.1, 0.15) is 44.2 Å². The van der Waals surface area contributed by atoms with Crippen LogP contribution in [0.25, 0.3) is 16.8 Å². The summed E-state index contributed by atoms with van der Waals surface area (Å²) in [5, 5.41) is 2.76. The number of carbonyl (C=O) groups excluding carboxylic acids is 1. The average molecular weight is 477 g/mol. The maximum absolute atomic E-state index is 12.8. The second kappa shape index (κ2) is 10.8. The van der Waals surface area contributed by atoms with Gasteiger partial charge in [0.05, 0.1) is 7.11 Å². The van der Waals surface area contributed by atoms with Crippen LogP contribution in [0.5, 0.6) is 5.75 Å². The van der Waals surface area contributed by atoms with Gasteiger partial charge in [0.15, 0.2) is 0 Å². The Labute approximate surface area is 197 Å². The topological polar surface area (TPSA) is 58.9 Å². The van der Waals surface area contributed by atoms with Crippen LogP contribution in [0.4, 0.5) is 18.0 Å². The fourth-order valence-corrected chi connectivity index (χ4v) is 3.96. The van der Waals surface area contributed by atoms with E-state index in [2.05, 4.69) is 10.3 Å². The summed E-state index contributed by atoms with van der Waals surface area (Å²) in [6, 6.07) is 6.88. The standard InChI is InChI=1S/C25H31F3N4O2/c1-5-20(9-10-25(26,27)28)30-24(33)31(6-2)15-18-7-8-22(34-4)21(14-18)19-13-17(3)23-29-11-12-32(23)16-19/h7-8,11-14,16,20H,5-6,9-10,15H2,1-4H3,(H,30,33). The van der Waals surface area contributed by atoms with Crippen LogP contribution in [0, 0.1) is 6.92 Å². The summed E-state index contributed by atoms with van der Waals surface area (Å²) in [4.78, 5) is 18.8. The van der Waals surface area contributed by atoms with Crippen LogP contribution in [0.3, 0.4) is 0 Å². The van der Waals surface area contributed by atoms with Gasteiger partial charge in [-0.2, -0.15) is 13.2 Å². The molecule has 3 aromatic rings. The molecule has 0 aliphatic heterocycles. The lowest BCUT2D eigenvalue weighted by Crippen LogP contribution is -2.44. The largest absolute Gasteiger partial charge is 0.496 e. The molecule has 0 radical (unpaired) electrons. The Morgan fingerprint density at radius 3 is 2.68 bits per heavy atom. The van der Waals surface area contributed by atoms with Crippen molar-refractivity contribution in [2.24, 2.45) is 0 Å². The molecular formula is C25H31F3N4O2. The fraction of sp³-hybridized carbons (Fsp3) is 0.440. The fourth-order valence-electron chi connectivity index (χ4n) is 3.96. The van der Waals surface area contributed by atoms with Crippen LogP contribution in [0.15, 0.2) is 42.9 Å². The summed E-state index contributed by atoms with van der Waals surface area (Å²) in [5.74, 6) is 0.702. The molecule has 2 heterocycles. The number of benzene rings is 1. The lowest BCUT2D eigenvalue weighted by molar-refractivity contribution is -0.136. The minimum atomic E-state index is -4.24. The van der Waals surface area contributed by atoms with Crippen LogP contribution < -0.4 is 10.1 Å². The minimum Gasteiger partial charge on any atom is -0.496 e. The molecule has 1 unspecified atom stereocenters. The molecule has 6 nitrogen and oxygen atoms in total. The van der Waals surface area contributed by atoms with Gasteiger partial charge in [-0.3, -0.25) is 0 Å². The van der Waals surface area contributed by atoms with E-state index in [0.29, 0.717) is 25.3 Å². The minimum absolute atomic E-state index is 0.133. The zero-order chi connectivity index (χ0) is 24.9. The molecule has 2 amide bonds. The number of carbonyl (C=O) groups is 1. The van der Waals surface area contributed by atoms with Crippen molar-refractivity contribution in [3.05, 3.63) is 54.0 Å². The third-order valence-electron chi connectivity index (χ3n) is 5.89. The summed E-state index contributed by atoms with van der Waals surface area (Å²) in [6.45, 7) is 6.35. The van der Waals surface area contributed by atoms with Gasteiger partial charge in [0.1, 0.15) is 11.4 Å². The van der Waals surface area contributed by atoms with Gasteiger partial charge in [0.25, 0.3) is 0 Å². The van der Waals surface area contributed by atoms with Gasteiger partial charge >= 0.3 is 12.2 Å². The van der Waals surface area contributed by atoms with E-state index < -0.39 is 18.6 Å². The number of imidazole rings is 1. The highest BCUT2D eigenvalue weighted by atomic mass is 19.4. The molecule has 0 spiro atoms. The summed E-state index contributed by atoms with van der Waals surface area (Å²) in [5.41, 5.74) is 4.62. The first-order valence-electron chi connectivity index (χ1n) is 11.4. The van der Waals surface area contributed by atoms with E-state index in [-0.39, 0.29) is 12.5 Å². The number of nitrogens with zero attached hydrogens (tertiary/aromatic N) is 3. The highest BCUT2D eigenvalue weighted by Crippen LogP contribution is 2.32. The second-order valence-corrected chi connectivity index (χ2v) is 8.33. The van der Waals surface area contributed by atoms with E-state index in [1.54, 1.807) is 25.1 Å². The molecule has 9 heteroatoms. The monoisotopic (exact) mass is 476 g/mol. The number of ether oxygens (including phenoxy) is 1. The number of aryl methyl sites for hydroxylation is 1. The van der Waals surface area contributed by atoms with Gasteiger partial charge in [-0.1, -0.05) is 13.0 Å². The molecule has 0 fully saturated rings. The highest BCUT2D eigenvalue weighted by molar-refractivity contribution is 5.75. The smallest absolute Gasteiger partial charge is 0.389 e. The van der Waals surface area contributed by atoms with E-state index in [9.17, 15) is 18.0 Å². The Balaban J connectivity index is 1.80. The van der Waals surface area contributed by atoms with Gasteiger partial charge in [0, 0.05) is 55.3 Å². The van der Waals surface area contributed by atoms with Gasteiger partial charge in [-0.25, -0.2) is 9.78 Å². The van der Waals surface area contributed by atoms with Crippen LogP contribution in [-0.2, 0) is 6.54 Å². The maximum atomic E-state index is 12.8. The summed E-state index contributed by atoms with van der Waals surface area (Å²) >= 11 is 0. The summed E-state index contributed by atoms with van der Waals surface area (Å²) < 4.78 is 45.3. The average Bonchev–Trinajstić information content (AvgIpc) is 3.28. The van der Waals surface area contributed by atoms with Crippen molar-refractivity contribution >= 4 is 11.7 Å². The number of alkyl halides is 3. The number of halogens is 3. The van der Waals surface area contributed by atoms with Crippen LogP contribution in [-0.4, -0.2) is 46.2 Å². The van der Waals surface area contributed by atoms with E-state index >= 15 is 0 Å². The quantitative estimate of drug-likeness (QED) is 0.414. The van der Waals surface area contributed by atoms with E-state index in [1.807, 2.05) is 54.9 Å². The molecule has 0 saturated carbocycles. The van der Waals surface area contributed by atoms with Crippen LogP contribution >= 0.6 is 0 Å². The predicted molar refractivity (Wildman–Crippen MR) is 126 cm³/mol. The maximum Gasteiger partial charge on any atom is 0.389 e. The van der Waals surface area contributed by atoms with Gasteiger partial charge in [0.2, 0.25) is 0 Å². The predicted octanol–water partition coefficient (Wildman–Crippen LogP) is 5.97. The third-order valence-corrected chi connectivity index (χ3v) is 5.89. The number of hydrogen-bond donors (Lipinski definition) is 1. The summed E-state index contributed by atoms with van der Waals surface area (Å²) in [6.07, 6.45) is 0.757. The zero-order valence-corrected chi connectivity index (χ0v) is 19.9. The molecule has 0 saturated heterocycles. The van der Waals surface area contributed by atoms with Crippen molar-refractivity contribution in [1.82, 2.24) is 19.6 Å². The molecule has 2 aromatic heterocycles. The first-order chi connectivity index (χ1) is 16.1. The van der Waals surface area contributed by atoms with Crippen molar-refractivity contribution in [1.29, 1.82) is 0 Å². The zero-order valence-electron chi connectivity index (χ0n) is 19.9. The van der Waals surface area contributed by atoms with E-state index in [0.717, 1.165) is 27.9 Å². The van der Waals surface area contributed by atoms with Gasteiger partial charge < -0.3 is 19.4 Å². The number of aromatic nitrogens is 2. The molecule has 1 N–H and O–H groups in total. The van der Waals surface area contributed by atoms with Gasteiger partial charge in [-0.15, -0.1) is 0 Å². The van der Waals surface area contributed by atoms with Crippen molar-refractivity contribution < 1.29 is 22.7 Å². The van der Waals surface area contributed by atoms with E-state index in [4.69, 9.17) is 4.74 Å². The van der Waals surface area contributed by atoms with Crippen molar-refractivity contribution in [2.45, 2.75) is 58.8 Å². The summed E-state index contributed by atoms with van der Waals surface area (Å²) in [7, 11) is 1.61. The molecule has 34 heavy (non-hydrogen) atoms. The third kappa shape index (κ3) is 6.21. The van der Waals surface area contributed by atoms with Crippen molar-refractivity contribution in [3.8, 4) is 16.9 Å². The Bertz CT molecular complexity index is 1130. The first kappa shape index (κ1) is 25.4. The number of rotatable bonds is 9. The number of fused-ring (bicyclic) bond motifs is 1. The van der Waals surface area contributed by atoms with Crippen molar-refractivity contribution in [3.63, 3.8) is 0 Å². The van der Waals surface area contributed by atoms with Crippen LogP contribution in [0.2, 0.25) is 0 Å².